The first-order chi connectivity index (χ1) is 9.69. The molecule has 0 aliphatic carbocycles. The molecule has 1 aliphatic rings. The summed E-state index contributed by atoms with van der Waals surface area (Å²) >= 11 is 0. The fraction of sp³-hybridized carbons (Fsp3) is 0.462. The van der Waals surface area contributed by atoms with Crippen LogP contribution in [0.3, 0.4) is 0 Å². The second-order valence-corrected chi connectivity index (χ2v) is 4.19. The van der Waals surface area contributed by atoms with Crippen LogP contribution in [-0.2, 0) is 14.3 Å². The number of rotatable bonds is 3. The normalized spacial score (nSPS) is 18.5. The molecule has 0 spiro atoms. The van der Waals surface area contributed by atoms with E-state index in [1.807, 2.05) is 0 Å². The van der Waals surface area contributed by atoms with Gasteiger partial charge in [-0.1, -0.05) is 0 Å². The Kier molecular flexibility index (Phi) is 4.52. The third kappa shape index (κ3) is 2.72. The van der Waals surface area contributed by atoms with Crippen molar-refractivity contribution in [2.45, 2.75) is 6.04 Å². The highest BCUT2D eigenvalue weighted by Gasteiger charge is 2.35. The zero-order valence-corrected chi connectivity index (χ0v) is 11.4. The van der Waals surface area contributed by atoms with Crippen LogP contribution in [0, 0.1) is 0 Å². The Hall–Kier alpha value is -2.15. The van der Waals surface area contributed by atoms with Crippen LogP contribution in [-0.4, -0.2) is 61.8 Å². The van der Waals surface area contributed by atoms with Gasteiger partial charge in [-0.05, 0) is 6.07 Å². The van der Waals surface area contributed by atoms with E-state index in [1.54, 1.807) is 6.07 Å². The van der Waals surface area contributed by atoms with Crippen LogP contribution >= 0.6 is 0 Å². The Balaban J connectivity index is 2.27. The van der Waals surface area contributed by atoms with Gasteiger partial charge in [-0.25, -0.2) is 4.79 Å². The molecule has 1 amide bonds. The van der Waals surface area contributed by atoms with Crippen molar-refractivity contribution >= 4 is 11.9 Å². The van der Waals surface area contributed by atoms with Crippen molar-refractivity contribution in [3.05, 3.63) is 24.0 Å². The van der Waals surface area contributed by atoms with Gasteiger partial charge < -0.3 is 19.1 Å². The number of pyridine rings is 1. The summed E-state index contributed by atoms with van der Waals surface area (Å²) in [6, 6.07) is 0.824. The molecule has 1 fully saturated rings. The van der Waals surface area contributed by atoms with Crippen LogP contribution in [0.2, 0.25) is 0 Å². The standard InChI is InChI=1S/C13H16N2O5/c1-18-11-7-14-4-3-9(11)12(16)15-5-6-20-8-10(15)13(17)19-2/h3-4,7,10H,5-6,8H2,1-2H3. The number of nitrogens with zero attached hydrogens (tertiary/aromatic N) is 2. The van der Waals surface area contributed by atoms with Gasteiger partial charge in [-0.15, -0.1) is 0 Å². The molecule has 7 nitrogen and oxygen atoms in total. The molecule has 0 bridgehead atoms. The second-order valence-electron chi connectivity index (χ2n) is 4.19. The molecule has 1 unspecified atom stereocenters. The first kappa shape index (κ1) is 14.3. The summed E-state index contributed by atoms with van der Waals surface area (Å²) in [5, 5.41) is 0. The highest BCUT2D eigenvalue weighted by Crippen LogP contribution is 2.20. The van der Waals surface area contributed by atoms with Crippen molar-refractivity contribution in [1.82, 2.24) is 9.88 Å². The summed E-state index contributed by atoms with van der Waals surface area (Å²) in [6.07, 6.45) is 2.96. The number of aromatic nitrogens is 1. The maximum absolute atomic E-state index is 12.6. The van der Waals surface area contributed by atoms with Gasteiger partial charge in [0.15, 0.2) is 6.04 Å². The topological polar surface area (TPSA) is 78.0 Å². The Morgan fingerprint density at radius 1 is 1.45 bits per heavy atom. The van der Waals surface area contributed by atoms with Gasteiger partial charge >= 0.3 is 5.97 Å². The number of methoxy groups -OCH3 is 2. The minimum atomic E-state index is -0.737. The number of hydrogen-bond acceptors (Lipinski definition) is 6. The quantitative estimate of drug-likeness (QED) is 0.731. The average molecular weight is 280 g/mol. The van der Waals surface area contributed by atoms with Crippen molar-refractivity contribution in [3.8, 4) is 5.75 Å². The highest BCUT2D eigenvalue weighted by atomic mass is 16.5. The van der Waals surface area contributed by atoms with E-state index in [2.05, 4.69) is 4.98 Å². The molecular weight excluding hydrogens is 264 g/mol. The summed E-state index contributed by atoms with van der Waals surface area (Å²) in [4.78, 5) is 29.6. The SMILES string of the molecule is COC(=O)C1COCCN1C(=O)c1ccncc1OC. The zero-order valence-electron chi connectivity index (χ0n) is 11.4. The largest absolute Gasteiger partial charge is 0.494 e. The van der Waals surface area contributed by atoms with Crippen LogP contribution in [0.5, 0.6) is 5.75 Å². The molecule has 7 heteroatoms. The van der Waals surface area contributed by atoms with Crippen molar-refractivity contribution in [1.29, 1.82) is 0 Å². The van der Waals surface area contributed by atoms with Gasteiger partial charge in [0.1, 0.15) is 5.75 Å². The van der Waals surface area contributed by atoms with Gasteiger partial charge in [-0.3, -0.25) is 9.78 Å². The monoisotopic (exact) mass is 280 g/mol. The number of amides is 1. The maximum atomic E-state index is 12.6. The van der Waals surface area contributed by atoms with Crippen molar-refractivity contribution in [3.63, 3.8) is 0 Å². The lowest BCUT2D eigenvalue weighted by atomic mass is 10.1. The summed E-state index contributed by atoms with van der Waals surface area (Å²) in [5.74, 6) is -0.429. The van der Waals surface area contributed by atoms with Crippen molar-refractivity contribution in [2.75, 3.05) is 34.0 Å². The van der Waals surface area contributed by atoms with E-state index in [4.69, 9.17) is 14.2 Å². The first-order valence-electron chi connectivity index (χ1n) is 6.13. The van der Waals surface area contributed by atoms with E-state index in [0.29, 0.717) is 24.5 Å². The van der Waals surface area contributed by atoms with Crippen molar-refractivity contribution < 1.29 is 23.8 Å². The number of esters is 1. The molecule has 0 N–H and O–H groups in total. The Bertz CT molecular complexity index is 505. The molecule has 2 heterocycles. The molecule has 1 aromatic heterocycles. The lowest BCUT2D eigenvalue weighted by molar-refractivity contribution is -0.151. The van der Waals surface area contributed by atoms with Crippen LogP contribution in [0.4, 0.5) is 0 Å². The number of hydrogen-bond donors (Lipinski definition) is 0. The van der Waals surface area contributed by atoms with Crippen molar-refractivity contribution in [2.24, 2.45) is 0 Å². The maximum Gasteiger partial charge on any atom is 0.331 e. The van der Waals surface area contributed by atoms with Crippen LogP contribution < -0.4 is 4.74 Å². The van der Waals surface area contributed by atoms with Gasteiger partial charge in [0.05, 0.1) is 39.2 Å². The molecule has 1 aliphatic heterocycles. The average Bonchev–Trinajstić information content (AvgIpc) is 2.53. The Morgan fingerprint density at radius 3 is 2.95 bits per heavy atom. The second kappa shape index (κ2) is 6.33. The third-order valence-corrected chi connectivity index (χ3v) is 3.10. The fourth-order valence-corrected chi connectivity index (χ4v) is 2.05. The fourth-order valence-electron chi connectivity index (χ4n) is 2.05. The number of carbonyl (C=O) groups is 2. The minimum absolute atomic E-state index is 0.131. The first-order valence-corrected chi connectivity index (χ1v) is 6.13. The van der Waals surface area contributed by atoms with E-state index >= 15 is 0 Å². The summed E-state index contributed by atoms with van der Waals surface area (Å²) in [5.41, 5.74) is 0.360. The van der Waals surface area contributed by atoms with E-state index in [-0.39, 0.29) is 12.5 Å². The Labute approximate surface area is 116 Å². The van der Waals surface area contributed by atoms with Gasteiger partial charge in [0.25, 0.3) is 5.91 Å². The zero-order chi connectivity index (χ0) is 14.5. The van der Waals surface area contributed by atoms with E-state index in [1.165, 1.54) is 31.5 Å². The molecule has 2 rings (SSSR count). The minimum Gasteiger partial charge on any atom is -0.494 e. The van der Waals surface area contributed by atoms with Gasteiger partial charge in [0, 0.05) is 12.7 Å². The van der Waals surface area contributed by atoms with Crippen LogP contribution in [0.15, 0.2) is 18.5 Å². The molecule has 0 aromatic carbocycles. The highest BCUT2D eigenvalue weighted by molar-refractivity contribution is 5.99. The number of morpholine rings is 1. The lowest BCUT2D eigenvalue weighted by Gasteiger charge is -2.33. The molecule has 0 radical (unpaired) electrons. The summed E-state index contributed by atoms with van der Waals surface area (Å²) < 4.78 is 15.1. The molecule has 108 valence electrons. The molecule has 1 saturated heterocycles. The lowest BCUT2D eigenvalue weighted by Crippen LogP contribution is -2.53. The predicted molar refractivity (Wildman–Crippen MR) is 68.4 cm³/mol. The molecule has 0 saturated carbocycles. The summed E-state index contributed by atoms with van der Waals surface area (Å²) in [7, 11) is 2.75. The number of carbonyl (C=O) groups excluding carboxylic acids is 2. The van der Waals surface area contributed by atoms with E-state index in [0.717, 1.165) is 0 Å². The summed E-state index contributed by atoms with van der Waals surface area (Å²) in [6.45, 7) is 0.836. The van der Waals surface area contributed by atoms with E-state index < -0.39 is 12.0 Å². The van der Waals surface area contributed by atoms with Crippen LogP contribution in [0.25, 0.3) is 0 Å². The third-order valence-electron chi connectivity index (χ3n) is 3.10. The molecule has 1 atom stereocenters. The predicted octanol–water partition coefficient (Wildman–Crippen LogP) is 0.104. The van der Waals surface area contributed by atoms with Gasteiger partial charge in [0.2, 0.25) is 0 Å². The molecule has 20 heavy (non-hydrogen) atoms. The molecular formula is C13H16N2O5. The van der Waals surface area contributed by atoms with Gasteiger partial charge in [-0.2, -0.15) is 0 Å². The Morgan fingerprint density at radius 2 is 2.25 bits per heavy atom. The van der Waals surface area contributed by atoms with E-state index in [9.17, 15) is 9.59 Å². The smallest absolute Gasteiger partial charge is 0.331 e. The molecule has 1 aromatic rings. The number of ether oxygens (including phenoxy) is 3. The van der Waals surface area contributed by atoms with Crippen LogP contribution in [0.1, 0.15) is 10.4 Å².